The van der Waals surface area contributed by atoms with Gasteiger partial charge in [-0.1, -0.05) is 18.9 Å². The minimum Gasteiger partial charge on any atom is -0.460 e. The van der Waals surface area contributed by atoms with Gasteiger partial charge in [0.05, 0.1) is 6.61 Å². The number of unbranched alkanes of at least 4 members (excludes halogenated alkanes) is 3. The first kappa shape index (κ1) is 16.2. The van der Waals surface area contributed by atoms with Gasteiger partial charge in [-0.2, -0.15) is 0 Å². The van der Waals surface area contributed by atoms with Crippen LogP contribution in [0, 0.1) is 0 Å². The highest BCUT2D eigenvalue weighted by atomic mass is 16.6. The van der Waals surface area contributed by atoms with Crippen LogP contribution in [0.1, 0.15) is 52.9 Å². The molecule has 0 atom stereocenters. The van der Waals surface area contributed by atoms with E-state index in [1.165, 1.54) is 0 Å². The quantitative estimate of drug-likeness (QED) is 0.353. The van der Waals surface area contributed by atoms with E-state index in [1.54, 1.807) is 6.08 Å². The molecule has 0 spiro atoms. The Hall–Kier alpha value is -0.830. The second kappa shape index (κ2) is 9.23. The summed E-state index contributed by atoms with van der Waals surface area (Å²) < 4.78 is 10.5. The molecular formula is C14H26O3. The largest absolute Gasteiger partial charge is 0.460 e. The Kier molecular flexibility index (Phi) is 8.78. The van der Waals surface area contributed by atoms with E-state index in [2.05, 4.69) is 6.58 Å². The van der Waals surface area contributed by atoms with Crippen LogP contribution in [0.15, 0.2) is 12.7 Å². The Bertz CT molecular complexity index is 216. The molecule has 3 nitrogen and oxygen atoms in total. The highest BCUT2D eigenvalue weighted by molar-refractivity contribution is 5.69. The average molecular weight is 242 g/mol. The predicted octanol–water partition coefficient (Wildman–Crippen LogP) is 3.48. The third-order valence-electron chi connectivity index (χ3n) is 2.08. The Morgan fingerprint density at radius 1 is 1.18 bits per heavy atom. The van der Waals surface area contributed by atoms with Crippen LogP contribution in [-0.2, 0) is 14.3 Å². The summed E-state index contributed by atoms with van der Waals surface area (Å²) in [5.74, 6) is -0.0968. The number of carbonyl (C=O) groups is 1. The highest BCUT2D eigenvalue weighted by Crippen LogP contribution is 2.11. The maximum atomic E-state index is 11.4. The average Bonchev–Trinajstić information content (AvgIpc) is 2.19. The minimum absolute atomic E-state index is 0.0968. The number of rotatable bonds is 9. The van der Waals surface area contributed by atoms with Crippen molar-refractivity contribution >= 4 is 5.97 Å². The van der Waals surface area contributed by atoms with Crippen molar-refractivity contribution in [1.82, 2.24) is 0 Å². The maximum Gasteiger partial charge on any atom is 0.306 e. The third-order valence-corrected chi connectivity index (χ3v) is 2.08. The minimum atomic E-state index is -0.365. The summed E-state index contributed by atoms with van der Waals surface area (Å²) in [5.41, 5.74) is -0.365. The van der Waals surface area contributed by atoms with Gasteiger partial charge in [-0.25, -0.2) is 0 Å². The topological polar surface area (TPSA) is 35.5 Å². The van der Waals surface area contributed by atoms with E-state index in [0.29, 0.717) is 13.0 Å². The molecule has 0 saturated carbocycles. The molecular weight excluding hydrogens is 216 g/mol. The smallest absolute Gasteiger partial charge is 0.306 e. The van der Waals surface area contributed by atoms with Crippen molar-refractivity contribution in [3.05, 3.63) is 12.7 Å². The van der Waals surface area contributed by atoms with Gasteiger partial charge >= 0.3 is 5.97 Å². The summed E-state index contributed by atoms with van der Waals surface area (Å²) in [4.78, 5) is 11.4. The number of hydrogen-bond acceptors (Lipinski definition) is 3. The number of ether oxygens (including phenoxy) is 2. The molecule has 17 heavy (non-hydrogen) atoms. The normalized spacial score (nSPS) is 11.2. The van der Waals surface area contributed by atoms with Crippen molar-refractivity contribution in [3.63, 3.8) is 0 Å². The maximum absolute atomic E-state index is 11.4. The van der Waals surface area contributed by atoms with Crippen LogP contribution in [0.2, 0.25) is 0 Å². The first-order chi connectivity index (χ1) is 7.95. The zero-order valence-electron chi connectivity index (χ0n) is 11.5. The van der Waals surface area contributed by atoms with Gasteiger partial charge in [0.1, 0.15) is 5.60 Å². The lowest BCUT2D eigenvalue weighted by Crippen LogP contribution is -2.23. The second-order valence-electron chi connectivity index (χ2n) is 5.11. The molecule has 0 aliphatic rings. The molecule has 0 radical (unpaired) electrons. The van der Waals surface area contributed by atoms with Crippen LogP contribution in [0.5, 0.6) is 0 Å². The van der Waals surface area contributed by atoms with E-state index in [-0.39, 0.29) is 11.6 Å². The molecule has 0 aromatic carbocycles. The van der Waals surface area contributed by atoms with Gasteiger partial charge in [-0.15, -0.1) is 6.58 Å². The Morgan fingerprint density at radius 2 is 1.82 bits per heavy atom. The summed E-state index contributed by atoms with van der Waals surface area (Å²) in [7, 11) is 0. The Morgan fingerprint density at radius 3 is 2.41 bits per heavy atom. The van der Waals surface area contributed by atoms with E-state index in [1.807, 2.05) is 20.8 Å². The van der Waals surface area contributed by atoms with Gasteiger partial charge < -0.3 is 9.47 Å². The molecule has 0 heterocycles. The van der Waals surface area contributed by atoms with E-state index in [4.69, 9.17) is 9.47 Å². The summed E-state index contributed by atoms with van der Waals surface area (Å²) in [6.45, 7) is 10.7. The molecule has 3 heteroatoms. The molecule has 0 saturated heterocycles. The van der Waals surface area contributed by atoms with Crippen molar-refractivity contribution in [2.75, 3.05) is 13.2 Å². The van der Waals surface area contributed by atoms with Crippen molar-refractivity contribution in [1.29, 1.82) is 0 Å². The molecule has 0 amide bonds. The fraction of sp³-hybridized carbons (Fsp3) is 0.786. The monoisotopic (exact) mass is 242 g/mol. The van der Waals surface area contributed by atoms with Crippen LogP contribution >= 0.6 is 0 Å². The lowest BCUT2D eigenvalue weighted by Gasteiger charge is -2.19. The molecule has 0 aliphatic carbocycles. The fourth-order valence-corrected chi connectivity index (χ4v) is 1.39. The van der Waals surface area contributed by atoms with Crippen molar-refractivity contribution < 1.29 is 14.3 Å². The van der Waals surface area contributed by atoms with E-state index in [9.17, 15) is 4.79 Å². The molecule has 0 aromatic heterocycles. The summed E-state index contributed by atoms with van der Waals surface area (Å²) in [6.07, 6.45) is 6.36. The molecule has 0 unspecified atom stereocenters. The van der Waals surface area contributed by atoms with E-state index in [0.717, 1.165) is 32.3 Å². The zero-order valence-corrected chi connectivity index (χ0v) is 11.5. The zero-order chi connectivity index (χ0) is 13.1. The van der Waals surface area contributed by atoms with Crippen LogP contribution in [0.4, 0.5) is 0 Å². The molecule has 0 bridgehead atoms. The van der Waals surface area contributed by atoms with Gasteiger partial charge in [0.2, 0.25) is 0 Å². The van der Waals surface area contributed by atoms with Gasteiger partial charge in [-0.05, 0) is 33.6 Å². The summed E-state index contributed by atoms with van der Waals surface area (Å²) in [5, 5.41) is 0. The predicted molar refractivity (Wildman–Crippen MR) is 69.9 cm³/mol. The molecule has 0 N–H and O–H groups in total. The van der Waals surface area contributed by atoms with Gasteiger partial charge in [0.15, 0.2) is 0 Å². The first-order valence-corrected chi connectivity index (χ1v) is 6.36. The summed E-state index contributed by atoms with van der Waals surface area (Å²) >= 11 is 0. The van der Waals surface area contributed by atoms with Crippen LogP contribution < -0.4 is 0 Å². The van der Waals surface area contributed by atoms with E-state index < -0.39 is 0 Å². The van der Waals surface area contributed by atoms with Gasteiger partial charge in [0.25, 0.3) is 0 Å². The SMILES string of the molecule is C=CCOCCCCCCC(=O)OC(C)(C)C. The third kappa shape index (κ3) is 13.1. The molecule has 0 rings (SSSR count). The van der Waals surface area contributed by atoms with Crippen molar-refractivity contribution in [2.24, 2.45) is 0 Å². The van der Waals surface area contributed by atoms with E-state index >= 15 is 0 Å². The second-order valence-corrected chi connectivity index (χ2v) is 5.11. The lowest BCUT2D eigenvalue weighted by molar-refractivity contribution is -0.154. The molecule has 0 aromatic rings. The van der Waals surface area contributed by atoms with Crippen molar-refractivity contribution in [3.8, 4) is 0 Å². The number of esters is 1. The lowest BCUT2D eigenvalue weighted by atomic mass is 10.1. The molecule has 0 aliphatic heterocycles. The Balaban J connectivity index is 3.28. The fourth-order valence-electron chi connectivity index (χ4n) is 1.39. The number of carbonyl (C=O) groups excluding carboxylic acids is 1. The Labute approximate surface area is 105 Å². The number of hydrogen-bond donors (Lipinski definition) is 0. The van der Waals surface area contributed by atoms with Crippen LogP contribution in [-0.4, -0.2) is 24.8 Å². The molecule has 0 fully saturated rings. The standard InChI is InChI=1S/C14H26O3/c1-5-11-16-12-9-7-6-8-10-13(15)17-14(2,3)4/h5H,1,6-12H2,2-4H3. The summed E-state index contributed by atoms with van der Waals surface area (Å²) in [6, 6.07) is 0. The van der Waals surface area contributed by atoms with Gasteiger partial charge in [-0.3, -0.25) is 4.79 Å². The van der Waals surface area contributed by atoms with Crippen molar-refractivity contribution in [2.45, 2.75) is 58.5 Å². The molecule has 100 valence electrons. The van der Waals surface area contributed by atoms with Crippen LogP contribution in [0.25, 0.3) is 0 Å². The first-order valence-electron chi connectivity index (χ1n) is 6.36. The van der Waals surface area contributed by atoms with Crippen LogP contribution in [0.3, 0.4) is 0 Å². The highest BCUT2D eigenvalue weighted by Gasteiger charge is 2.15. The van der Waals surface area contributed by atoms with Gasteiger partial charge in [0, 0.05) is 13.0 Å².